The second-order valence-electron chi connectivity index (χ2n) is 5.76. The predicted octanol–water partition coefficient (Wildman–Crippen LogP) is 1.45. The molecular weight excluding hydrogens is 298 g/mol. The lowest BCUT2D eigenvalue weighted by atomic mass is 10.1. The van der Waals surface area contributed by atoms with E-state index in [4.69, 9.17) is 9.47 Å². The number of carbonyl (C=O) groups is 2. The molecule has 0 unspecified atom stereocenters. The van der Waals surface area contributed by atoms with E-state index < -0.39 is 0 Å². The average Bonchev–Trinajstić information content (AvgIpc) is 3.02. The lowest BCUT2D eigenvalue weighted by Crippen LogP contribution is -2.35. The molecule has 0 bridgehead atoms. The van der Waals surface area contributed by atoms with Crippen molar-refractivity contribution < 1.29 is 19.1 Å². The molecular formula is C16H21N3O4. The fraction of sp³-hybridized carbons (Fsp3) is 0.500. The van der Waals surface area contributed by atoms with Crippen LogP contribution in [-0.2, 0) is 4.74 Å². The largest absolute Gasteiger partial charge is 0.491 e. The van der Waals surface area contributed by atoms with Crippen molar-refractivity contribution in [2.45, 2.75) is 18.9 Å². The van der Waals surface area contributed by atoms with E-state index in [2.05, 4.69) is 10.6 Å². The molecule has 1 saturated heterocycles. The van der Waals surface area contributed by atoms with Crippen molar-refractivity contribution in [1.82, 2.24) is 10.2 Å². The zero-order chi connectivity index (χ0) is 16.2. The van der Waals surface area contributed by atoms with Crippen LogP contribution in [0.5, 0.6) is 5.75 Å². The van der Waals surface area contributed by atoms with Gasteiger partial charge in [-0.3, -0.25) is 4.79 Å². The van der Waals surface area contributed by atoms with Gasteiger partial charge in [-0.2, -0.15) is 0 Å². The molecule has 0 aromatic heterocycles. The van der Waals surface area contributed by atoms with Gasteiger partial charge in [0.15, 0.2) is 0 Å². The molecule has 1 fully saturated rings. The van der Waals surface area contributed by atoms with Crippen molar-refractivity contribution in [3.63, 3.8) is 0 Å². The molecule has 2 heterocycles. The van der Waals surface area contributed by atoms with Crippen molar-refractivity contribution in [3.8, 4) is 5.75 Å². The molecule has 7 nitrogen and oxygen atoms in total. The Labute approximate surface area is 134 Å². The van der Waals surface area contributed by atoms with Gasteiger partial charge in [-0.05, 0) is 31.0 Å². The van der Waals surface area contributed by atoms with Crippen LogP contribution >= 0.6 is 0 Å². The molecule has 3 amide bonds. The van der Waals surface area contributed by atoms with Gasteiger partial charge in [0.05, 0.1) is 18.2 Å². The first kappa shape index (κ1) is 15.6. The quantitative estimate of drug-likeness (QED) is 0.884. The molecule has 2 aliphatic rings. The summed E-state index contributed by atoms with van der Waals surface area (Å²) in [7, 11) is 1.73. The number of benzene rings is 1. The van der Waals surface area contributed by atoms with E-state index in [0.29, 0.717) is 36.7 Å². The molecule has 1 aromatic carbocycles. The fourth-order valence-electron chi connectivity index (χ4n) is 2.69. The van der Waals surface area contributed by atoms with Gasteiger partial charge in [0.2, 0.25) is 0 Å². The van der Waals surface area contributed by atoms with Crippen LogP contribution in [0.1, 0.15) is 23.2 Å². The number of fused-ring (bicyclic) bond motifs is 1. The van der Waals surface area contributed by atoms with E-state index >= 15 is 0 Å². The summed E-state index contributed by atoms with van der Waals surface area (Å²) in [5.74, 6) is 0.436. The summed E-state index contributed by atoms with van der Waals surface area (Å²) in [6.07, 6.45) is 2.10. The number of amides is 3. The Bertz CT molecular complexity index is 599. The maximum atomic E-state index is 12.3. The summed E-state index contributed by atoms with van der Waals surface area (Å²) >= 11 is 0. The molecule has 7 heteroatoms. The summed E-state index contributed by atoms with van der Waals surface area (Å²) in [5.41, 5.74) is 1.02. The third-order valence-corrected chi connectivity index (χ3v) is 4.01. The number of rotatable bonds is 3. The SMILES string of the molecule is CN1CCOc2ccc(NC(=O)NC[C@@H]3CCCO3)cc2C1=O. The molecule has 2 N–H and O–H groups in total. The number of hydrogen-bond donors (Lipinski definition) is 2. The van der Waals surface area contributed by atoms with Crippen LogP contribution in [0.2, 0.25) is 0 Å². The van der Waals surface area contributed by atoms with E-state index in [1.807, 2.05) is 0 Å². The molecule has 0 aliphatic carbocycles. The molecule has 2 aliphatic heterocycles. The predicted molar refractivity (Wildman–Crippen MR) is 84.9 cm³/mol. The summed E-state index contributed by atoms with van der Waals surface area (Å²) in [4.78, 5) is 25.8. The van der Waals surface area contributed by atoms with Gasteiger partial charge in [-0.1, -0.05) is 0 Å². The van der Waals surface area contributed by atoms with Crippen LogP contribution in [0, 0.1) is 0 Å². The molecule has 124 valence electrons. The third-order valence-electron chi connectivity index (χ3n) is 4.01. The topological polar surface area (TPSA) is 79.9 Å². The number of ether oxygens (including phenoxy) is 2. The fourth-order valence-corrected chi connectivity index (χ4v) is 2.69. The van der Waals surface area contributed by atoms with Crippen LogP contribution in [0.25, 0.3) is 0 Å². The van der Waals surface area contributed by atoms with Gasteiger partial charge in [-0.25, -0.2) is 4.79 Å². The molecule has 1 aromatic rings. The minimum Gasteiger partial charge on any atom is -0.491 e. The number of carbonyl (C=O) groups excluding carboxylic acids is 2. The van der Waals surface area contributed by atoms with Crippen molar-refractivity contribution in [3.05, 3.63) is 23.8 Å². The monoisotopic (exact) mass is 319 g/mol. The Kier molecular flexibility index (Phi) is 4.66. The van der Waals surface area contributed by atoms with Crippen LogP contribution in [-0.4, -0.2) is 56.3 Å². The summed E-state index contributed by atoms with van der Waals surface area (Å²) in [6, 6.07) is 4.77. The van der Waals surface area contributed by atoms with E-state index in [1.165, 1.54) is 0 Å². The van der Waals surface area contributed by atoms with Gasteiger partial charge in [0, 0.05) is 25.9 Å². The summed E-state index contributed by atoms with van der Waals surface area (Å²) < 4.78 is 11.0. The van der Waals surface area contributed by atoms with Gasteiger partial charge in [0.1, 0.15) is 12.4 Å². The average molecular weight is 319 g/mol. The standard InChI is InChI=1S/C16H21N3O4/c1-19-6-8-23-14-5-4-11(9-13(14)15(19)20)18-16(21)17-10-12-3-2-7-22-12/h4-5,9,12H,2-3,6-8,10H2,1H3,(H2,17,18,21)/t12-/m0/s1. The first-order chi connectivity index (χ1) is 11.1. The highest BCUT2D eigenvalue weighted by Crippen LogP contribution is 2.26. The minimum absolute atomic E-state index is 0.0939. The Morgan fingerprint density at radius 2 is 2.26 bits per heavy atom. The molecule has 0 saturated carbocycles. The highest BCUT2D eigenvalue weighted by atomic mass is 16.5. The van der Waals surface area contributed by atoms with Crippen molar-refractivity contribution in [1.29, 1.82) is 0 Å². The highest BCUT2D eigenvalue weighted by Gasteiger charge is 2.21. The van der Waals surface area contributed by atoms with Gasteiger partial charge in [-0.15, -0.1) is 0 Å². The van der Waals surface area contributed by atoms with Gasteiger partial charge in [0.25, 0.3) is 5.91 Å². The van der Waals surface area contributed by atoms with E-state index in [0.717, 1.165) is 19.4 Å². The third kappa shape index (κ3) is 3.73. The van der Waals surface area contributed by atoms with Crippen LogP contribution in [0.3, 0.4) is 0 Å². The van der Waals surface area contributed by atoms with E-state index in [9.17, 15) is 9.59 Å². The molecule has 1 atom stereocenters. The second kappa shape index (κ2) is 6.87. The normalized spacial score (nSPS) is 20.5. The zero-order valence-electron chi connectivity index (χ0n) is 13.1. The number of urea groups is 1. The Morgan fingerprint density at radius 1 is 1.39 bits per heavy atom. The maximum Gasteiger partial charge on any atom is 0.319 e. The Balaban J connectivity index is 1.63. The smallest absolute Gasteiger partial charge is 0.319 e. The number of hydrogen-bond acceptors (Lipinski definition) is 4. The minimum atomic E-state index is -0.309. The van der Waals surface area contributed by atoms with Gasteiger partial charge < -0.3 is 25.0 Å². The van der Waals surface area contributed by atoms with Crippen LogP contribution in [0.15, 0.2) is 18.2 Å². The zero-order valence-corrected chi connectivity index (χ0v) is 13.1. The Morgan fingerprint density at radius 3 is 3.04 bits per heavy atom. The van der Waals surface area contributed by atoms with Crippen LogP contribution < -0.4 is 15.4 Å². The first-order valence-electron chi connectivity index (χ1n) is 7.82. The number of likely N-dealkylation sites (N-methyl/N-ethyl adjacent to an activating group) is 1. The summed E-state index contributed by atoms with van der Waals surface area (Å²) in [5, 5.41) is 5.52. The Hall–Kier alpha value is -2.28. The lowest BCUT2D eigenvalue weighted by Gasteiger charge is -2.14. The summed E-state index contributed by atoms with van der Waals surface area (Å²) in [6.45, 7) is 2.25. The van der Waals surface area contributed by atoms with Crippen molar-refractivity contribution in [2.75, 3.05) is 38.7 Å². The van der Waals surface area contributed by atoms with Crippen molar-refractivity contribution in [2.24, 2.45) is 0 Å². The first-order valence-corrected chi connectivity index (χ1v) is 7.82. The lowest BCUT2D eigenvalue weighted by molar-refractivity contribution is 0.0796. The molecule has 0 radical (unpaired) electrons. The molecule has 3 rings (SSSR count). The maximum absolute atomic E-state index is 12.3. The van der Waals surface area contributed by atoms with E-state index in [-0.39, 0.29) is 18.0 Å². The molecule has 0 spiro atoms. The van der Waals surface area contributed by atoms with Crippen LogP contribution in [0.4, 0.5) is 10.5 Å². The second-order valence-corrected chi connectivity index (χ2v) is 5.76. The van der Waals surface area contributed by atoms with E-state index in [1.54, 1.807) is 30.1 Å². The number of nitrogens with one attached hydrogen (secondary N) is 2. The highest BCUT2D eigenvalue weighted by molar-refractivity contribution is 5.99. The number of nitrogens with zero attached hydrogens (tertiary/aromatic N) is 1. The number of anilines is 1. The van der Waals surface area contributed by atoms with Crippen molar-refractivity contribution >= 4 is 17.6 Å². The molecule has 23 heavy (non-hydrogen) atoms. The van der Waals surface area contributed by atoms with Gasteiger partial charge >= 0.3 is 6.03 Å².